The summed E-state index contributed by atoms with van der Waals surface area (Å²) in [6.45, 7) is 5.58. The second-order valence-electron chi connectivity index (χ2n) is 5.26. The van der Waals surface area contributed by atoms with Crippen molar-refractivity contribution in [3.63, 3.8) is 0 Å². The monoisotopic (exact) mass is 278 g/mol. The quantitative estimate of drug-likeness (QED) is 0.648. The zero-order valence-electron chi connectivity index (χ0n) is 12.1. The van der Waals surface area contributed by atoms with Gasteiger partial charge in [-0.05, 0) is 32.9 Å². The van der Waals surface area contributed by atoms with Gasteiger partial charge in [-0.1, -0.05) is 18.2 Å². The minimum Gasteiger partial charge on any atom is -0.348 e. The van der Waals surface area contributed by atoms with Gasteiger partial charge in [0.15, 0.2) is 0 Å². The highest BCUT2D eigenvalue weighted by Crippen LogP contribution is 2.04. The van der Waals surface area contributed by atoms with Gasteiger partial charge in [-0.3, -0.25) is 4.79 Å². The second kappa shape index (κ2) is 6.91. The summed E-state index contributed by atoms with van der Waals surface area (Å²) in [7, 11) is 0. The number of amides is 3. The van der Waals surface area contributed by atoms with Gasteiger partial charge < -0.3 is 21.7 Å². The molecule has 1 rings (SSSR count). The van der Waals surface area contributed by atoms with Crippen molar-refractivity contribution in [3.8, 4) is 0 Å². The summed E-state index contributed by atoms with van der Waals surface area (Å²) in [5.41, 5.74) is 5.71. The highest BCUT2D eigenvalue weighted by atomic mass is 16.2. The molecule has 110 valence electrons. The van der Waals surface area contributed by atoms with Crippen LogP contribution in [0.5, 0.6) is 0 Å². The fraction of sp³-hybridized carbons (Fsp3) is 0.429. The summed E-state index contributed by atoms with van der Waals surface area (Å²) < 4.78 is 0. The molecule has 0 aliphatic carbocycles. The fourth-order valence-corrected chi connectivity index (χ4v) is 1.44. The van der Waals surface area contributed by atoms with E-state index in [1.54, 1.807) is 19.1 Å². The van der Waals surface area contributed by atoms with Crippen molar-refractivity contribution in [3.05, 3.63) is 30.3 Å². The first-order valence-corrected chi connectivity index (χ1v) is 6.49. The molecule has 20 heavy (non-hydrogen) atoms. The molecule has 0 spiro atoms. The Balaban J connectivity index is 2.47. The third-order valence-electron chi connectivity index (χ3n) is 2.74. The number of anilines is 1. The summed E-state index contributed by atoms with van der Waals surface area (Å²) in [5, 5.41) is 7.99. The van der Waals surface area contributed by atoms with Gasteiger partial charge in [0.1, 0.15) is 6.04 Å². The lowest BCUT2D eigenvalue weighted by atomic mass is 10.1. The molecule has 0 saturated carbocycles. The number of carbonyl (C=O) groups excluding carboxylic acids is 2. The molecule has 0 bridgehead atoms. The average Bonchev–Trinajstić information content (AvgIpc) is 2.39. The zero-order valence-corrected chi connectivity index (χ0v) is 12.1. The van der Waals surface area contributed by atoms with Crippen LogP contribution in [0.4, 0.5) is 10.5 Å². The van der Waals surface area contributed by atoms with Crippen molar-refractivity contribution < 1.29 is 9.59 Å². The molecule has 0 radical (unpaired) electrons. The molecule has 0 aromatic heterocycles. The Morgan fingerprint density at radius 3 is 2.40 bits per heavy atom. The van der Waals surface area contributed by atoms with E-state index < -0.39 is 17.6 Å². The number of nitrogens with two attached hydrogens (primary N) is 1. The fourth-order valence-electron chi connectivity index (χ4n) is 1.44. The Kier molecular flexibility index (Phi) is 5.52. The minimum atomic E-state index is -0.649. The van der Waals surface area contributed by atoms with Crippen LogP contribution in [0.15, 0.2) is 30.3 Å². The molecule has 0 heterocycles. The first-order valence-electron chi connectivity index (χ1n) is 6.49. The van der Waals surface area contributed by atoms with Gasteiger partial charge in [-0.2, -0.15) is 0 Å². The van der Waals surface area contributed by atoms with Crippen LogP contribution < -0.4 is 21.7 Å². The molecule has 6 heteroatoms. The van der Waals surface area contributed by atoms with E-state index in [1.165, 1.54) is 0 Å². The summed E-state index contributed by atoms with van der Waals surface area (Å²) in [6, 6.07) is 7.94. The van der Waals surface area contributed by atoms with Crippen LogP contribution in [-0.2, 0) is 4.79 Å². The van der Waals surface area contributed by atoms with Gasteiger partial charge in [0.2, 0.25) is 5.91 Å². The lowest BCUT2D eigenvalue weighted by Gasteiger charge is -2.26. The number of nitrogens with one attached hydrogen (secondary N) is 3. The van der Waals surface area contributed by atoms with Crippen LogP contribution >= 0.6 is 0 Å². The maximum atomic E-state index is 11.9. The summed E-state index contributed by atoms with van der Waals surface area (Å²) in [5.74, 6) is -0.274. The molecule has 6 nitrogen and oxygen atoms in total. The van der Waals surface area contributed by atoms with E-state index in [-0.39, 0.29) is 5.91 Å². The first kappa shape index (κ1) is 16.0. The Morgan fingerprint density at radius 2 is 1.85 bits per heavy atom. The van der Waals surface area contributed by atoms with E-state index in [0.717, 1.165) is 0 Å². The van der Waals surface area contributed by atoms with Crippen LogP contribution in [-0.4, -0.2) is 30.1 Å². The van der Waals surface area contributed by atoms with Crippen molar-refractivity contribution in [2.75, 3.05) is 11.9 Å². The highest BCUT2D eigenvalue weighted by molar-refractivity contribution is 5.93. The molecule has 5 N–H and O–H groups in total. The predicted molar refractivity (Wildman–Crippen MR) is 79.3 cm³/mol. The Hall–Kier alpha value is -2.08. The van der Waals surface area contributed by atoms with Crippen molar-refractivity contribution >= 4 is 17.6 Å². The van der Waals surface area contributed by atoms with Crippen LogP contribution in [0.2, 0.25) is 0 Å². The lowest BCUT2D eigenvalue weighted by molar-refractivity contribution is -0.124. The summed E-state index contributed by atoms with van der Waals surface area (Å²) in [6.07, 6.45) is 0. The van der Waals surface area contributed by atoms with E-state index in [1.807, 2.05) is 32.0 Å². The van der Waals surface area contributed by atoms with Crippen LogP contribution in [0.25, 0.3) is 0 Å². The number of urea groups is 1. The third kappa shape index (κ3) is 5.27. The molecule has 0 fully saturated rings. The van der Waals surface area contributed by atoms with Crippen molar-refractivity contribution in [2.45, 2.75) is 32.4 Å². The lowest BCUT2D eigenvalue weighted by Crippen LogP contribution is -2.55. The second-order valence-corrected chi connectivity index (χ2v) is 5.26. The van der Waals surface area contributed by atoms with Crippen molar-refractivity contribution in [2.24, 2.45) is 5.73 Å². The standard InChI is InChI=1S/C14H22N4O2/c1-10(12(19)18-14(2,3)9-15)16-13(20)17-11-7-5-4-6-8-11/h4-8,10H,9,15H2,1-3H3,(H,18,19)(H2,16,17,20). The van der Waals surface area contributed by atoms with E-state index in [9.17, 15) is 9.59 Å². The molecule has 1 aromatic rings. The average molecular weight is 278 g/mol. The van der Waals surface area contributed by atoms with Gasteiger partial charge in [0.05, 0.1) is 0 Å². The van der Waals surface area contributed by atoms with Gasteiger partial charge in [-0.25, -0.2) is 4.79 Å². The smallest absolute Gasteiger partial charge is 0.319 e. The van der Waals surface area contributed by atoms with Crippen LogP contribution in [0, 0.1) is 0 Å². The molecule has 0 aliphatic heterocycles. The molecule has 1 unspecified atom stereocenters. The van der Waals surface area contributed by atoms with Crippen molar-refractivity contribution in [1.82, 2.24) is 10.6 Å². The molecule has 0 saturated heterocycles. The largest absolute Gasteiger partial charge is 0.348 e. The third-order valence-corrected chi connectivity index (χ3v) is 2.74. The number of carbonyl (C=O) groups is 2. The number of hydrogen-bond acceptors (Lipinski definition) is 3. The van der Waals surface area contributed by atoms with Gasteiger partial charge in [0.25, 0.3) is 0 Å². The topological polar surface area (TPSA) is 96.2 Å². The number of rotatable bonds is 5. The summed E-state index contributed by atoms with van der Waals surface area (Å²) in [4.78, 5) is 23.6. The van der Waals surface area contributed by atoms with E-state index in [4.69, 9.17) is 5.73 Å². The van der Waals surface area contributed by atoms with Crippen LogP contribution in [0.3, 0.4) is 0 Å². The van der Waals surface area contributed by atoms with Gasteiger partial charge >= 0.3 is 6.03 Å². The Labute approximate surface area is 119 Å². The zero-order chi connectivity index (χ0) is 15.2. The SMILES string of the molecule is CC(NC(=O)Nc1ccccc1)C(=O)NC(C)(C)CN. The van der Waals surface area contributed by atoms with E-state index in [0.29, 0.717) is 12.2 Å². The van der Waals surface area contributed by atoms with Crippen LogP contribution in [0.1, 0.15) is 20.8 Å². The van der Waals surface area contributed by atoms with Gasteiger partial charge in [0, 0.05) is 17.8 Å². The summed E-state index contributed by atoms with van der Waals surface area (Å²) >= 11 is 0. The molecular weight excluding hydrogens is 256 g/mol. The van der Waals surface area contributed by atoms with E-state index in [2.05, 4.69) is 16.0 Å². The number of hydrogen-bond donors (Lipinski definition) is 4. The van der Waals surface area contributed by atoms with Crippen molar-refractivity contribution in [1.29, 1.82) is 0 Å². The Bertz CT molecular complexity index is 460. The highest BCUT2D eigenvalue weighted by Gasteiger charge is 2.23. The molecule has 1 aromatic carbocycles. The van der Waals surface area contributed by atoms with Gasteiger partial charge in [-0.15, -0.1) is 0 Å². The molecular formula is C14H22N4O2. The molecule has 0 aliphatic rings. The number of benzene rings is 1. The maximum absolute atomic E-state index is 11.9. The maximum Gasteiger partial charge on any atom is 0.319 e. The Morgan fingerprint density at radius 1 is 1.25 bits per heavy atom. The molecule has 1 atom stereocenters. The minimum absolute atomic E-state index is 0.274. The normalized spacial score (nSPS) is 12.4. The first-order chi connectivity index (χ1) is 9.34. The molecule has 3 amide bonds. The van der Waals surface area contributed by atoms with E-state index >= 15 is 0 Å². The predicted octanol–water partition coefficient (Wildman–Crippen LogP) is 1.05. The number of para-hydroxylation sites is 1.